The van der Waals surface area contributed by atoms with Crippen molar-refractivity contribution in [1.29, 1.82) is 0 Å². The molecule has 2 heteroatoms. The van der Waals surface area contributed by atoms with E-state index in [0.717, 1.165) is 23.7 Å². The molecule has 4 bridgehead atoms. The summed E-state index contributed by atoms with van der Waals surface area (Å²) >= 11 is 4.87. The molecule has 24 heavy (non-hydrogen) atoms. The van der Waals surface area contributed by atoms with E-state index in [1.807, 2.05) is 0 Å². The highest BCUT2D eigenvalue weighted by Crippen LogP contribution is 2.65. The summed E-state index contributed by atoms with van der Waals surface area (Å²) in [6.45, 7) is 0. The van der Waals surface area contributed by atoms with Gasteiger partial charge in [-0.25, -0.2) is 0 Å². The SMILES string of the molecule is Ic1ccc(C2(c3ccc(I)cc3)C3CC4CC(C3)CC2C4)cc1. The van der Waals surface area contributed by atoms with Gasteiger partial charge in [0.05, 0.1) is 0 Å². The number of rotatable bonds is 2. The molecular formula is C22H22I2. The van der Waals surface area contributed by atoms with Gasteiger partial charge in [-0.3, -0.25) is 0 Å². The second-order valence-corrected chi connectivity index (χ2v) is 10.7. The zero-order valence-corrected chi connectivity index (χ0v) is 18.0. The zero-order chi connectivity index (χ0) is 16.3. The molecule has 2 aromatic rings. The van der Waals surface area contributed by atoms with E-state index in [1.54, 1.807) is 11.1 Å². The van der Waals surface area contributed by atoms with E-state index >= 15 is 0 Å². The molecule has 0 heterocycles. The third-order valence-corrected chi connectivity index (χ3v) is 8.51. The van der Waals surface area contributed by atoms with Gasteiger partial charge in [-0.15, -0.1) is 0 Å². The summed E-state index contributed by atoms with van der Waals surface area (Å²) < 4.78 is 2.69. The fourth-order valence-electron chi connectivity index (χ4n) is 6.49. The van der Waals surface area contributed by atoms with E-state index in [0.29, 0.717) is 0 Å². The van der Waals surface area contributed by atoms with Crippen molar-refractivity contribution in [3.05, 3.63) is 66.8 Å². The predicted octanol–water partition coefficient (Wildman–Crippen LogP) is 6.64. The maximum Gasteiger partial charge on any atom is 0.0259 e. The Balaban J connectivity index is 1.72. The fraction of sp³-hybridized carbons (Fsp3) is 0.455. The van der Waals surface area contributed by atoms with Gasteiger partial charge in [-0.2, -0.15) is 0 Å². The van der Waals surface area contributed by atoms with Crippen molar-refractivity contribution in [1.82, 2.24) is 0 Å². The molecule has 2 aromatic carbocycles. The van der Waals surface area contributed by atoms with Gasteiger partial charge in [0.15, 0.2) is 0 Å². The third kappa shape index (κ3) is 2.34. The number of hydrogen-bond acceptors (Lipinski definition) is 0. The first-order chi connectivity index (χ1) is 11.7. The van der Waals surface area contributed by atoms with Gasteiger partial charge in [0.2, 0.25) is 0 Å². The predicted molar refractivity (Wildman–Crippen MR) is 116 cm³/mol. The molecule has 4 fully saturated rings. The molecule has 0 amide bonds. The molecule has 0 atom stereocenters. The van der Waals surface area contributed by atoms with Gasteiger partial charge in [-0.1, -0.05) is 24.3 Å². The van der Waals surface area contributed by atoms with Crippen LogP contribution >= 0.6 is 45.2 Å². The van der Waals surface area contributed by atoms with Crippen LogP contribution < -0.4 is 0 Å². The maximum atomic E-state index is 2.43. The van der Waals surface area contributed by atoms with Crippen molar-refractivity contribution >= 4 is 45.2 Å². The van der Waals surface area contributed by atoms with E-state index in [-0.39, 0.29) is 5.41 Å². The van der Waals surface area contributed by atoms with Crippen LogP contribution in [0.5, 0.6) is 0 Å². The molecule has 0 aliphatic heterocycles. The van der Waals surface area contributed by atoms with Gasteiger partial charge in [0, 0.05) is 12.6 Å². The first kappa shape index (κ1) is 16.1. The van der Waals surface area contributed by atoms with Crippen molar-refractivity contribution in [2.24, 2.45) is 23.7 Å². The quantitative estimate of drug-likeness (QED) is 0.375. The lowest BCUT2D eigenvalue weighted by Crippen LogP contribution is -2.56. The summed E-state index contributed by atoms with van der Waals surface area (Å²) in [5.41, 5.74) is 3.43. The first-order valence-corrected chi connectivity index (χ1v) is 11.3. The summed E-state index contributed by atoms with van der Waals surface area (Å²) in [4.78, 5) is 0. The minimum absolute atomic E-state index is 0.266. The van der Waals surface area contributed by atoms with Crippen LogP contribution in [0.2, 0.25) is 0 Å². The molecule has 0 N–H and O–H groups in total. The molecule has 0 radical (unpaired) electrons. The Morgan fingerprint density at radius 3 is 1.33 bits per heavy atom. The molecule has 0 unspecified atom stereocenters. The Labute approximate surface area is 172 Å². The lowest BCUT2D eigenvalue weighted by Gasteiger charge is -2.62. The Morgan fingerprint density at radius 2 is 0.958 bits per heavy atom. The van der Waals surface area contributed by atoms with Crippen molar-refractivity contribution in [3.63, 3.8) is 0 Å². The monoisotopic (exact) mass is 540 g/mol. The summed E-state index contributed by atoms with van der Waals surface area (Å²) in [5.74, 6) is 3.70. The van der Waals surface area contributed by atoms with Crippen molar-refractivity contribution in [2.75, 3.05) is 0 Å². The average molecular weight is 540 g/mol. The second-order valence-electron chi connectivity index (χ2n) is 8.19. The second kappa shape index (κ2) is 5.97. The largest absolute Gasteiger partial charge is 0.0571 e. The number of halogens is 2. The van der Waals surface area contributed by atoms with Crippen molar-refractivity contribution in [2.45, 2.75) is 37.5 Å². The molecule has 0 spiro atoms. The van der Waals surface area contributed by atoms with Crippen LogP contribution in [0, 0.1) is 30.8 Å². The minimum atomic E-state index is 0.266. The Kier molecular flexibility index (Phi) is 4.00. The fourth-order valence-corrected chi connectivity index (χ4v) is 7.21. The van der Waals surface area contributed by atoms with Crippen LogP contribution in [0.4, 0.5) is 0 Å². The number of hydrogen-bond donors (Lipinski definition) is 0. The maximum absolute atomic E-state index is 2.43. The van der Waals surface area contributed by atoms with Crippen LogP contribution in [0.15, 0.2) is 48.5 Å². The molecule has 0 aromatic heterocycles. The first-order valence-electron chi connectivity index (χ1n) is 9.18. The highest BCUT2D eigenvalue weighted by Gasteiger charge is 2.58. The standard InChI is InChI=1S/C22H22I2/c23-20-5-1-16(2-6-20)22(17-3-7-21(24)8-4-17)18-10-14-9-15(12-18)13-19(22)11-14/h1-8,14-15,18-19H,9-13H2. The topological polar surface area (TPSA) is 0 Å². The highest BCUT2D eigenvalue weighted by atomic mass is 127. The summed E-state index contributed by atoms with van der Waals surface area (Å²) in [6.07, 6.45) is 7.31. The molecule has 4 saturated carbocycles. The summed E-state index contributed by atoms with van der Waals surface area (Å²) in [6, 6.07) is 19.0. The Bertz CT molecular complexity index is 669. The lowest BCUT2D eigenvalue weighted by molar-refractivity contribution is -0.0418. The molecule has 0 saturated heterocycles. The average Bonchev–Trinajstić information content (AvgIpc) is 2.57. The lowest BCUT2D eigenvalue weighted by atomic mass is 9.42. The van der Waals surface area contributed by atoms with Crippen LogP contribution in [-0.4, -0.2) is 0 Å². The van der Waals surface area contributed by atoms with Crippen molar-refractivity contribution < 1.29 is 0 Å². The van der Waals surface area contributed by atoms with E-state index < -0.39 is 0 Å². The summed E-state index contributed by atoms with van der Waals surface area (Å²) in [5, 5.41) is 0. The zero-order valence-electron chi connectivity index (χ0n) is 13.7. The Hall–Kier alpha value is -0.100. The normalized spacial score (nSPS) is 32.9. The number of benzene rings is 2. The van der Waals surface area contributed by atoms with Crippen LogP contribution in [0.1, 0.15) is 43.2 Å². The van der Waals surface area contributed by atoms with Gasteiger partial charge < -0.3 is 0 Å². The molecule has 4 aliphatic rings. The van der Waals surface area contributed by atoms with Gasteiger partial charge in [0.1, 0.15) is 0 Å². The van der Waals surface area contributed by atoms with Gasteiger partial charge in [-0.05, 0) is 136 Å². The van der Waals surface area contributed by atoms with Crippen molar-refractivity contribution in [3.8, 4) is 0 Å². The smallest absolute Gasteiger partial charge is 0.0259 e. The van der Waals surface area contributed by atoms with Gasteiger partial charge >= 0.3 is 0 Å². The van der Waals surface area contributed by atoms with E-state index in [2.05, 4.69) is 93.7 Å². The Morgan fingerprint density at radius 1 is 0.583 bits per heavy atom. The molecule has 124 valence electrons. The van der Waals surface area contributed by atoms with E-state index in [1.165, 1.54) is 39.2 Å². The highest BCUT2D eigenvalue weighted by molar-refractivity contribution is 14.1. The minimum Gasteiger partial charge on any atom is -0.0571 e. The van der Waals surface area contributed by atoms with Gasteiger partial charge in [0.25, 0.3) is 0 Å². The van der Waals surface area contributed by atoms with E-state index in [4.69, 9.17) is 0 Å². The third-order valence-electron chi connectivity index (χ3n) is 7.07. The summed E-state index contributed by atoms with van der Waals surface area (Å²) in [7, 11) is 0. The molecular weight excluding hydrogens is 518 g/mol. The molecule has 6 rings (SSSR count). The molecule has 4 aliphatic carbocycles. The van der Waals surface area contributed by atoms with E-state index in [9.17, 15) is 0 Å². The van der Waals surface area contributed by atoms with Crippen LogP contribution in [0.3, 0.4) is 0 Å². The van der Waals surface area contributed by atoms with Crippen LogP contribution in [-0.2, 0) is 5.41 Å². The molecule has 0 nitrogen and oxygen atoms in total. The van der Waals surface area contributed by atoms with Crippen LogP contribution in [0.25, 0.3) is 0 Å².